The molecular formula is C21H26N2O4. The number of nitrogens with zero attached hydrogens (tertiary/aromatic N) is 2. The monoisotopic (exact) mass is 370 g/mol. The van der Waals surface area contributed by atoms with E-state index in [1.54, 1.807) is 17.0 Å². The molecule has 1 aromatic rings. The van der Waals surface area contributed by atoms with Crippen molar-refractivity contribution in [3.05, 3.63) is 35.8 Å². The summed E-state index contributed by atoms with van der Waals surface area (Å²) in [6.45, 7) is 6.86. The van der Waals surface area contributed by atoms with Gasteiger partial charge in [-0.25, -0.2) is 0 Å². The van der Waals surface area contributed by atoms with Gasteiger partial charge in [-0.15, -0.1) is 0 Å². The molecule has 0 radical (unpaired) electrons. The van der Waals surface area contributed by atoms with Gasteiger partial charge in [-0.05, 0) is 51.2 Å². The van der Waals surface area contributed by atoms with Crippen LogP contribution in [0, 0.1) is 30.6 Å². The van der Waals surface area contributed by atoms with Crippen molar-refractivity contribution in [1.82, 2.24) is 9.80 Å². The molecule has 2 fully saturated rings. The standard InChI is InChI=1S/C21H26N2O4/c1-4-22(5-2)17(24)11-15(16-9-6-12(3)27-16)23-20(25)18-13-7-8-14(10-13)19(18)21(23)26/h6-9,13-15,18-19H,4-5,10-11H2,1-3H3. The van der Waals surface area contributed by atoms with Gasteiger partial charge in [0.05, 0.1) is 18.3 Å². The zero-order valence-electron chi connectivity index (χ0n) is 16.1. The molecule has 5 atom stereocenters. The second kappa shape index (κ2) is 6.66. The van der Waals surface area contributed by atoms with E-state index in [0.29, 0.717) is 24.6 Å². The van der Waals surface area contributed by atoms with E-state index < -0.39 is 6.04 Å². The van der Waals surface area contributed by atoms with Crippen LogP contribution in [0.2, 0.25) is 0 Å². The van der Waals surface area contributed by atoms with Crippen molar-refractivity contribution in [3.8, 4) is 0 Å². The van der Waals surface area contributed by atoms with E-state index in [-0.39, 0.29) is 47.8 Å². The molecule has 5 unspecified atom stereocenters. The SMILES string of the molecule is CCN(CC)C(=O)CC(c1ccc(C)o1)N1C(=O)C2C3C=CC(C3)C2C1=O. The summed E-state index contributed by atoms with van der Waals surface area (Å²) < 4.78 is 5.76. The molecule has 1 aliphatic heterocycles. The summed E-state index contributed by atoms with van der Waals surface area (Å²) in [5.74, 6) is 0.614. The Hall–Kier alpha value is -2.37. The van der Waals surface area contributed by atoms with Crippen LogP contribution in [0.5, 0.6) is 0 Å². The number of hydrogen-bond donors (Lipinski definition) is 0. The fraction of sp³-hybridized carbons (Fsp3) is 0.571. The number of allylic oxidation sites excluding steroid dienone is 2. The van der Waals surface area contributed by atoms with E-state index in [9.17, 15) is 14.4 Å². The average molecular weight is 370 g/mol. The van der Waals surface area contributed by atoms with Gasteiger partial charge in [0, 0.05) is 13.1 Å². The van der Waals surface area contributed by atoms with Gasteiger partial charge < -0.3 is 9.32 Å². The molecule has 0 aromatic carbocycles. The van der Waals surface area contributed by atoms with Crippen molar-refractivity contribution >= 4 is 17.7 Å². The van der Waals surface area contributed by atoms with Crippen molar-refractivity contribution in [2.45, 2.75) is 39.7 Å². The number of imide groups is 1. The number of carbonyl (C=O) groups is 3. The lowest BCUT2D eigenvalue weighted by Crippen LogP contribution is -2.40. The molecule has 1 saturated carbocycles. The molecule has 4 rings (SSSR count). The molecule has 3 amide bonds. The van der Waals surface area contributed by atoms with Crippen LogP contribution in [0.25, 0.3) is 0 Å². The fourth-order valence-electron chi connectivity index (χ4n) is 5.06. The molecule has 0 N–H and O–H groups in total. The third kappa shape index (κ3) is 2.73. The normalized spacial score (nSPS) is 29.5. The van der Waals surface area contributed by atoms with Crippen LogP contribution in [-0.4, -0.2) is 40.6 Å². The van der Waals surface area contributed by atoms with Crippen molar-refractivity contribution in [3.63, 3.8) is 0 Å². The predicted octanol–water partition coefficient (Wildman–Crippen LogP) is 2.69. The number of carbonyl (C=O) groups excluding carboxylic acids is 3. The number of furan rings is 1. The van der Waals surface area contributed by atoms with E-state index in [2.05, 4.69) is 12.2 Å². The number of likely N-dealkylation sites (tertiary alicyclic amines) is 1. The van der Waals surface area contributed by atoms with Crippen LogP contribution in [0.4, 0.5) is 0 Å². The summed E-state index contributed by atoms with van der Waals surface area (Å²) in [4.78, 5) is 42.2. The maximum absolute atomic E-state index is 13.2. The van der Waals surface area contributed by atoms with Gasteiger partial charge in [-0.1, -0.05) is 12.2 Å². The lowest BCUT2D eigenvalue weighted by molar-refractivity contribution is -0.145. The zero-order valence-corrected chi connectivity index (χ0v) is 16.1. The van der Waals surface area contributed by atoms with E-state index in [4.69, 9.17) is 4.42 Å². The molecule has 2 bridgehead atoms. The number of fused-ring (bicyclic) bond motifs is 5. The predicted molar refractivity (Wildman–Crippen MR) is 98.3 cm³/mol. The highest BCUT2D eigenvalue weighted by atomic mass is 16.3. The van der Waals surface area contributed by atoms with Crippen molar-refractivity contribution in [2.24, 2.45) is 23.7 Å². The molecular weight excluding hydrogens is 344 g/mol. The van der Waals surface area contributed by atoms with Crippen molar-refractivity contribution in [2.75, 3.05) is 13.1 Å². The summed E-state index contributed by atoms with van der Waals surface area (Å²) in [5.41, 5.74) is 0. The second-order valence-electron chi connectivity index (χ2n) is 7.78. The second-order valence-corrected chi connectivity index (χ2v) is 7.78. The van der Waals surface area contributed by atoms with E-state index in [1.807, 2.05) is 20.8 Å². The minimum atomic E-state index is -0.670. The number of hydrogen-bond acceptors (Lipinski definition) is 4. The first kappa shape index (κ1) is 18.0. The average Bonchev–Trinajstić information content (AvgIpc) is 3.40. The third-order valence-electron chi connectivity index (χ3n) is 6.39. The van der Waals surface area contributed by atoms with Crippen LogP contribution in [0.3, 0.4) is 0 Å². The number of aryl methyl sites for hydroxylation is 1. The molecule has 2 heterocycles. The lowest BCUT2D eigenvalue weighted by atomic mass is 9.85. The summed E-state index contributed by atoms with van der Waals surface area (Å²) in [6.07, 6.45) is 5.11. The summed E-state index contributed by atoms with van der Waals surface area (Å²) in [5, 5.41) is 0. The minimum absolute atomic E-state index is 0.0638. The molecule has 0 spiro atoms. The quantitative estimate of drug-likeness (QED) is 0.570. The third-order valence-corrected chi connectivity index (χ3v) is 6.39. The molecule has 1 aromatic heterocycles. The highest BCUT2D eigenvalue weighted by Gasteiger charge is 2.60. The summed E-state index contributed by atoms with van der Waals surface area (Å²) in [6, 6.07) is 2.91. The Morgan fingerprint density at radius 3 is 2.22 bits per heavy atom. The van der Waals surface area contributed by atoms with Crippen LogP contribution in [0.1, 0.15) is 44.3 Å². The van der Waals surface area contributed by atoms with Gasteiger partial charge in [0.25, 0.3) is 0 Å². The molecule has 1 saturated heterocycles. The van der Waals surface area contributed by atoms with Gasteiger partial charge in [0.1, 0.15) is 17.6 Å². The zero-order chi connectivity index (χ0) is 19.3. The Morgan fingerprint density at radius 2 is 1.74 bits per heavy atom. The Labute approximate surface area is 159 Å². The van der Waals surface area contributed by atoms with Gasteiger partial charge in [-0.3, -0.25) is 19.3 Å². The summed E-state index contributed by atoms with van der Waals surface area (Å²) >= 11 is 0. The smallest absolute Gasteiger partial charge is 0.234 e. The highest BCUT2D eigenvalue weighted by Crippen LogP contribution is 2.54. The van der Waals surface area contributed by atoms with Gasteiger partial charge in [-0.2, -0.15) is 0 Å². The first-order chi connectivity index (χ1) is 13.0. The van der Waals surface area contributed by atoms with Crippen LogP contribution in [-0.2, 0) is 14.4 Å². The molecule has 27 heavy (non-hydrogen) atoms. The van der Waals surface area contributed by atoms with Gasteiger partial charge in [0.2, 0.25) is 17.7 Å². The molecule has 144 valence electrons. The minimum Gasteiger partial charge on any atom is -0.464 e. The largest absolute Gasteiger partial charge is 0.464 e. The highest BCUT2D eigenvalue weighted by molar-refractivity contribution is 6.07. The molecule has 3 aliphatic rings. The van der Waals surface area contributed by atoms with Gasteiger partial charge in [0.15, 0.2) is 0 Å². The number of amides is 3. The first-order valence-corrected chi connectivity index (χ1v) is 9.85. The van der Waals surface area contributed by atoms with Crippen molar-refractivity contribution < 1.29 is 18.8 Å². The van der Waals surface area contributed by atoms with E-state index in [0.717, 1.165) is 6.42 Å². The molecule has 2 aliphatic carbocycles. The molecule has 6 nitrogen and oxygen atoms in total. The Bertz CT molecular complexity index is 777. The van der Waals surface area contributed by atoms with Crippen LogP contribution < -0.4 is 0 Å². The Kier molecular flexibility index (Phi) is 4.44. The fourth-order valence-corrected chi connectivity index (χ4v) is 5.06. The van der Waals surface area contributed by atoms with E-state index in [1.165, 1.54) is 4.90 Å². The maximum Gasteiger partial charge on any atom is 0.234 e. The Morgan fingerprint density at radius 1 is 1.15 bits per heavy atom. The van der Waals surface area contributed by atoms with Gasteiger partial charge >= 0.3 is 0 Å². The maximum atomic E-state index is 13.2. The topological polar surface area (TPSA) is 70.8 Å². The van der Waals surface area contributed by atoms with Crippen LogP contribution >= 0.6 is 0 Å². The molecule has 6 heteroatoms. The lowest BCUT2D eigenvalue weighted by Gasteiger charge is -2.28. The van der Waals surface area contributed by atoms with Crippen molar-refractivity contribution in [1.29, 1.82) is 0 Å². The first-order valence-electron chi connectivity index (χ1n) is 9.85. The van der Waals surface area contributed by atoms with E-state index >= 15 is 0 Å². The summed E-state index contributed by atoms with van der Waals surface area (Å²) in [7, 11) is 0. The Balaban J connectivity index is 1.66. The number of rotatable bonds is 6. The van der Waals surface area contributed by atoms with Crippen LogP contribution in [0.15, 0.2) is 28.7 Å².